The summed E-state index contributed by atoms with van der Waals surface area (Å²) < 4.78 is 0. The van der Waals surface area contributed by atoms with Crippen molar-refractivity contribution >= 4 is 23.9 Å². The van der Waals surface area contributed by atoms with Gasteiger partial charge in [0.05, 0.1) is 26.2 Å². The van der Waals surface area contributed by atoms with E-state index in [2.05, 4.69) is 0 Å². The van der Waals surface area contributed by atoms with Crippen molar-refractivity contribution in [1.82, 2.24) is 9.80 Å². The van der Waals surface area contributed by atoms with E-state index >= 15 is 0 Å². The van der Waals surface area contributed by atoms with Gasteiger partial charge in [0.25, 0.3) is 0 Å². The van der Waals surface area contributed by atoms with Crippen LogP contribution < -0.4 is 0 Å². The predicted molar refractivity (Wildman–Crippen MR) is 63.4 cm³/mol. The minimum Gasteiger partial charge on any atom is -0.480 e. The summed E-state index contributed by atoms with van der Waals surface area (Å²) in [6.07, 6.45) is 0. The Morgan fingerprint density at radius 3 is 0.864 bits per heavy atom. The molecule has 0 heterocycles. The van der Waals surface area contributed by atoms with Gasteiger partial charge in [-0.1, -0.05) is 0 Å². The first-order chi connectivity index (χ1) is 9.20. The first kappa shape index (κ1) is 25.7. The molecule has 2 radical (unpaired) electrons. The molecule has 0 aromatic carbocycles. The van der Waals surface area contributed by atoms with Crippen LogP contribution in [0.4, 0.5) is 0 Å². The molecule has 0 atom stereocenters. The van der Waals surface area contributed by atoms with E-state index in [0.717, 1.165) is 9.80 Å². The second-order valence-electron chi connectivity index (χ2n) is 4.00. The van der Waals surface area contributed by atoms with E-state index in [1.807, 2.05) is 0 Å². The topological polar surface area (TPSA) is 156 Å². The number of carbonyl (C=O) groups is 4. The van der Waals surface area contributed by atoms with Gasteiger partial charge in [-0.05, 0) is 0 Å². The molecule has 0 aliphatic rings. The quantitative estimate of drug-likeness (QED) is 0.298. The molecule has 0 aromatic heterocycles. The monoisotopic (exact) mass is 410 g/mol. The number of carboxylic acids is 4. The summed E-state index contributed by atoms with van der Waals surface area (Å²) in [4.78, 5) is 44.4. The molecule has 132 valence electrons. The van der Waals surface area contributed by atoms with Gasteiger partial charge in [-0.3, -0.25) is 29.0 Å². The molecule has 22 heavy (non-hydrogen) atoms. The molecule has 0 rings (SSSR count). The Balaban J connectivity index is -0.00000180. The van der Waals surface area contributed by atoms with Crippen molar-refractivity contribution in [3.8, 4) is 0 Å². The Bertz CT molecular complexity index is 325. The average Bonchev–Trinajstić information content (AvgIpc) is 2.22. The molecule has 0 aliphatic heterocycles. The normalized spacial score (nSPS) is 9.73. The van der Waals surface area contributed by atoms with E-state index in [4.69, 9.17) is 20.4 Å². The van der Waals surface area contributed by atoms with E-state index in [1.54, 1.807) is 0 Å². The third-order valence-corrected chi connectivity index (χ3v) is 2.17. The largest absolute Gasteiger partial charge is 0.480 e. The first-order valence-corrected chi connectivity index (χ1v) is 5.52. The molecular formula is C10H16Co2N2O8. The maximum absolute atomic E-state index is 10.6. The maximum Gasteiger partial charge on any atom is 0.317 e. The van der Waals surface area contributed by atoms with E-state index < -0.39 is 50.1 Å². The molecule has 0 fully saturated rings. The summed E-state index contributed by atoms with van der Waals surface area (Å²) in [6, 6.07) is 0. The van der Waals surface area contributed by atoms with Crippen molar-refractivity contribution in [1.29, 1.82) is 0 Å². The molecule has 0 saturated carbocycles. The summed E-state index contributed by atoms with van der Waals surface area (Å²) in [7, 11) is 0. The van der Waals surface area contributed by atoms with Gasteiger partial charge < -0.3 is 20.4 Å². The number of carboxylic acid groups (broad SMARTS) is 4. The first-order valence-electron chi connectivity index (χ1n) is 5.52. The molecule has 0 saturated heterocycles. The second kappa shape index (κ2) is 13.5. The zero-order valence-electron chi connectivity index (χ0n) is 11.2. The van der Waals surface area contributed by atoms with Crippen LogP contribution in [0.15, 0.2) is 0 Å². The number of rotatable bonds is 11. The van der Waals surface area contributed by atoms with Crippen molar-refractivity contribution in [3.05, 3.63) is 0 Å². The third kappa shape index (κ3) is 15.2. The summed E-state index contributed by atoms with van der Waals surface area (Å²) in [5.41, 5.74) is 0. The van der Waals surface area contributed by atoms with Crippen LogP contribution in [-0.2, 0) is 52.7 Å². The van der Waals surface area contributed by atoms with Gasteiger partial charge >= 0.3 is 23.9 Å². The van der Waals surface area contributed by atoms with Crippen LogP contribution >= 0.6 is 0 Å². The van der Waals surface area contributed by atoms with E-state index in [1.165, 1.54) is 0 Å². The molecule has 4 N–H and O–H groups in total. The molecule has 10 nitrogen and oxygen atoms in total. The van der Waals surface area contributed by atoms with E-state index in [-0.39, 0.29) is 46.6 Å². The standard InChI is InChI=1S/C10H16N2O8.2Co/c13-7(14)3-11(4-8(15)16)1-2-12(5-9(17)18)6-10(19)20;;/h1-6H2,(H,13,14)(H,15,16)(H,17,18)(H,19,20);;. The van der Waals surface area contributed by atoms with Crippen molar-refractivity contribution in [2.75, 3.05) is 39.3 Å². The Morgan fingerprint density at radius 2 is 0.727 bits per heavy atom. The Labute approximate surface area is 146 Å². The van der Waals surface area contributed by atoms with E-state index in [9.17, 15) is 19.2 Å². The Hall–Kier alpha value is -1.19. The molecule has 12 heteroatoms. The van der Waals surface area contributed by atoms with Crippen molar-refractivity contribution in [2.45, 2.75) is 0 Å². The molecule has 0 spiro atoms. The summed E-state index contributed by atoms with van der Waals surface area (Å²) in [5, 5.41) is 34.5. The molecular weight excluding hydrogens is 394 g/mol. The van der Waals surface area contributed by atoms with Crippen LogP contribution in [0.25, 0.3) is 0 Å². The van der Waals surface area contributed by atoms with Crippen LogP contribution in [0.5, 0.6) is 0 Å². The maximum atomic E-state index is 10.6. The smallest absolute Gasteiger partial charge is 0.317 e. The van der Waals surface area contributed by atoms with Crippen LogP contribution in [0.2, 0.25) is 0 Å². The van der Waals surface area contributed by atoms with Crippen molar-refractivity contribution in [2.24, 2.45) is 0 Å². The SMILES string of the molecule is O=C(O)CN(CCN(CC(=O)O)CC(=O)O)CC(=O)O.[Co].[Co]. The van der Waals surface area contributed by atoms with Crippen molar-refractivity contribution in [3.63, 3.8) is 0 Å². The van der Waals surface area contributed by atoms with Gasteiger partial charge in [-0.25, -0.2) is 0 Å². The van der Waals surface area contributed by atoms with Gasteiger partial charge in [-0.15, -0.1) is 0 Å². The number of nitrogens with zero attached hydrogens (tertiary/aromatic N) is 2. The van der Waals surface area contributed by atoms with Gasteiger partial charge in [0.2, 0.25) is 0 Å². The van der Waals surface area contributed by atoms with E-state index in [0.29, 0.717) is 0 Å². The van der Waals surface area contributed by atoms with Gasteiger partial charge in [0.15, 0.2) is 0 Å². The number of hydrogen-bond acceptors (Lipinski definition) is 6. The molecule has 0 bridgehead atoms. The zero-order chi connectivity index (χ0) is 15.7. The Kier molecular flexibility index (Phi) is 15.8. The molecule has 0 amide bonds. The van der Waals surface area contributed by atoms with Gasteiger partial charge in [0, 0.05) is 46.6 Å². The average molecular weight is 410 g/mol. The molecule has 0 unspecified atom stereocenters. The Morgan fingerprint density at radius 1 is 0.545 bits per heavy atom. The van der Waals surface area contributed by atoms with Crippen molar-refractivity contribution < 1.29 is 73.2 Å². The third-order valence-electron chi connectivity index (χ3n) is 2.17. The van der Waals surface area contributed by atoms with Crippen LogP contribution in [-0.4, -0.2) is 93.4 Å². The fraction of sp³-hybridized carbons (Fsp3) is 0.600. The number of hydrogen-bond donors (Lipinski definition) is 4. The van der Waals surface area contributed by atoms with Gasteiger partial charge in [-0.2, -0.15) is 0 Å². The number of aliphatic carboxylic acids is 4. The van der Waals surface area contributed by atoms with Crippen LogP contribution in [0, 0.1) is 0 Å². The van der Waals surface area contributed by atoms with Crippen LogP contribution in [0.3, 0.4) is 0 Å². The summed E-state index contributed by atoms with van der Waals surface area (Å²) >= 11 is 0. The summed E-state index contributed by atoms with van der Waals surface area (Å²) in [6.45, 7) is -2.25. The summed E-state index contributed by atoms with van der Waals surface area (Å²) in [5.74, 6) is -4.91. The second-order valence-corrected chi connectivity index (χ2v) is 4.00. The zero-order valence-corrected chi connectivity index (χ0v) is 13.3. The minimum absolute atomic E-state index is 0. The minimum atomic E-state index is -1.23. The molecule has 0 aliphatic carbocycles. The molecule has 0 aromatic rings. The fourth-order valence-electron chi connectivity index (χ4n) is 1.48. The fourth-order valence-corrected chi connectivity index (χ4v) is 1.48. The predicted octanol–water partition coefficient (Wildman–Crippen LogP) is -2.08. The van der Waals surface area contributed by atoms with Gasteiger partial charge in [0.1, 0.15) is 0 Å². The van der Waals surface area contributed by atoms with Crippen LogP contribution in [0.1, 0.15) is 0 Å².